The number of carbonyl (C=O) groups is 1. The molecule has 0 bridgehead atoms. The van der Waals surface area contributed by atoms with Crippen molar-refractivity contribution in [1.29, 1.82) is 0 Å². The molecular weight excluding hydrogens is 442 g/mol. The molecule has 0 N–H and O–H groups in total. The van der Waals surface area contributed by atoms with E-state index in [0.29, 0.717) is 39.3 Å². The number of furan rings is 1. The molecule has 0 atom stereocenters. The molecule has 1 aromatic heterocycles. The number of sulfonamides is 1. The maximum absolute atomic E-state index is 12.6. The standard InChI is InChI=1S/C25H23NO6S/c1-30-20-12-9-17(10-13-20)16-26(33(3,28)29)19-11-14-21-22(15-19)32-24(23(21)25(27)31-2)18-7-5-4-6-8-18/h4-15H,16H2,1-3H3. The van der Waals surface area contributed by atoms with Gasteiger partial charge in [0.25, 0.3) is 0 Å². The number of hydrogen-bond donors (Lipinski definition) is 0. The second kappa shape index (κ2) is 8.99. The van der Waals surface area contributed by atoms with Crippen LogP contribution >= 0.6 is 0 Å². The third kappa shape index (κ3) is 4.56. The molecule has 4 rings (SSSR count). The predicted molar refractivity (Wildman–Crippen MR) is 127 cm³/mol. The lowest BCUT2D eigenvalue weighted by atomic mass is 10.1. The fourth-order valence-electron chi connectivity index (χ4n) is 3.63. The summed E-state index contributed by atoms with van der Waals surface area (Å²) in [4.78, 5) is 12.6. The van der Waals surface area contributed by atoms with Gasteiger partial charge >= 0.3 is 5.97 Å². The number of esters is 1. The van der Waals surface area contributed by atoms with Gasteiger partial charge in [-0.3, -0.25) is 4.31 Å². The first-order chi connectivity index (χ1) is 15.8. The van der Waals surface area contributed by atoms with Crippen molar-refractivity contribution in [3.63, 3.8) is 0 Å². The van der Waals surface area contributed by atoms with E-state index in [1.165, 1.54) is 11.4 Å². The summed E-state index contributed by atoms with van der Waals surface area (Å²) in [5.41, 5.74) is 2.61. The minimum Gasteiger partial charge on any atom is -0.497 e. The highest BCUT2D eigenvalue weighted by molar-refractivity contribution is 7.92. The lowest BCUT2D eigenvalue weighted by molar-refractivity contribution is 0.0603. The summed E-state index contributed by atoms with van der Waals surface area (Å²) < 4.78 is 42.8. The number of benzene rings is 3. The summed E-state index contributed by atoms with van der Waals surface area (Å²) in [7, 11) is -0.726. The van der Waals surface area contributed by atoms with Crippen molar-refractivity contribution in [3.8, 4) is 17.1 Å². The molecule has 0 unspecified atom stereocenters. The number of hydrogen-bond acceptors (Lipinski definition) is 6. The van der Waals surface area contributed by atoms with Crippen LogP contribution in [0.5, 0.6) is 5.75 Å². The van der Waals surface area contributed by atoms with Crippen LogP contribution < -0.4 is 9.04 Å². The Morgan fingerprint density at radius 3 is 2.27 bits per heavy atom. The van der Waals surface area contributed by atoms with E-state index >= 15 is 0 Å². The quantitative estimate of drug-likeness (QED) is 0.362. The number of rotatable bonds is 7. The Hall–Kier alpha value is -3.78. The number of methoxy groups -OCH3 is 2. The number of anilines is 1. The van der Waals surface area contributed by atoms with Crippen LogP contribution in [0, 0.1) is 0 Å². The summed E-state index contributed by atoms with van der Waals surface area (Å²) in [5, 5.41) is 0.544. The Bertz CT molecular complexity index is 1390. The van der Waals surface area contributed by atoms with Gasteiger partial charge in [-0.05, 0) is 29.8 Å². The Kier molecular flexibility index (Phi) is 6.11. The summed E-state index contributed by atoms with van der Waals surface area (Å²) in [6.07, 6.45) is 1.15. The van der Waals surface area contributed by atoms with Crippen LogP contribution in [0.1, 0.15) is 15.9 Å². The molecule has 3 aromatic carbocycles. The van der Waals surface area contributed by atoms with Gasteiger partial charge in [-0.2, -0.15) is 0 Å². The minimum absolute atomic E-state index is 0.129. The van der Waals surface area contributed by atoms with Crippen molar-refractivity contribution in [2.45, 2.75) is 6.54 Å². The Morgan fingerprint density at radius 1 is 0.970 bits per heavy atom. The van der Waals surface area contributed by atoms with Gasteiger partial charge in [0.05, 0.1) is 32.7 Å². The molecule has 0 saturated carbocycles. The first-order valence-corrected chi connectivity index (χ1v) is 12.0. The summed E-state index contributed by atoms with van der Waals surface area (Å²) in [5.74, 6) is 0.527. The van der Waals surface area contributed by atoms with Gasteiger partial charge in [0, 0.05) is 17.0 Å². The van der Waals surface area contributed by atoms with Crippen molar-refractivity contribution in [1.82, 2.24) is 0 Å². The van der Waals surface area contributed by atoms with Crippen LogP contribution in [-0.2, 0) is 21.3 Å². The van der Waals surface area contributed by atoms with E-state index in [2.05, 4.69) is 0 Å². The van der Waals surface area contributed by atoms with Crippen LogP contribution in [0.25, 0.3) is 22.3 Å². The summed E-state index contributed by atoms with van der Waals surface area (Å²) in [6.45, 7) is 0.129. The number of nitrogens with zero attached hydrogens (tertiary/aromatic N) is 1. The molecule has 0 spiro atoms. The van der Waals surface area contributed by atoms with Crippen LogP contribution in [0.2, 0.25) is 0 Å². The molecule has 0 aliphatic heterocycles. The molecule has 170 valence electrons. The molecule has 0 saturated heterocycles. The van der Waals surface area contributed by atoms with Crippen molar-refractivity contribution >= 4 is 32.6 Å². The zero-order valence-electron chi connectivity index (χ0n) is 18.4. The van der Waals surface area contributed by atoms with E-state index in [1.54, 1.807) is 37.4 Å². The van der Waals surface area contributed by atoms with Gasteiger partial charge in [-0.25, -0.2) is 13.2 Å². The predicted octanol–water partition coefficient (Wildman–Crippen LogP) is 4.86. The maximum atomic E-state index is 12.6. The average Bonchev–Trinajstić information content (AvgIpc) is 3.21. The third-order valence-electron chi connectivity index (χ3n) is 5.27. The topological polar surface area (TPSA) is 86.0 Å². The smallest absolute Gasteiger partial charge is 0.342 e. The molecule has 0 fully saturated rings. The van der Waals surface area contributed by atoms with E-state index in [0.717, 1.165) is 11.8 Å². The zero-order valence-corrected chi connectivity index (χ0v) is 19.3. The summed E-state index contributed by atoms with van der Waals surface area (Å²) >= 11 is 0. The van der Waals surface area contributed by atoms with Gasteiger partial charge in [-0.15, -0.1) is 0 Å². The molecule has 0 aliphatic carbocycles. The van der Waals surface area contributed by atoms with Crippen LogP contribution in [0.15, 0.2) is 77.2 Å². The average molecular weight is 466 g/mol. The zero-order chi connectivity index (χ0) is 23.6. The first-order valence-electron chi connectivity index (χ1n) is 10.1. The molecule has 0 aliphatic rings. The van der Waals surface area contributed by atoms with E-state index < -0.39 is 16.0 Å². The lowest BCUT2D eigenvalue weighted by Gasteiger charge is -2.22. The molecule has 4 aromatic rings. The van der Waals surface area contributed by atoms with Crippen LogP contribution in [0.3, 0.4) is 0 Å². The minimum atomic E-state index is -3.61. The van der Waals surface area contributed by atoms with Gasteiger partial charge in [0.2, 0.25) is 10.0 Å². The lowest BCUT2D eigenvalue weighted by Crippen LogP contribution is -2.29. The van der Waals surface area contributed by atoms with Crippen molar-refractivity contribution in [2.75, 3.05) is 24.8 Å². The highest BCUT2D eigenvalue weighted by Crippen LogP contribution is 2.36. The van der Waals surface area contributed by atoms with Gasteiger partial charge in [-0.1, -0.05) is 42.5 Å². The Balaban J connectivity index is 1.81. The van der Waals surface area contributed by atoms with Crippen molar-refractivity contribution in [2.24, 2.45) is 0 Å². The largest absolute Gasteiger partial charge is 0.497 e. The van der Waals surface area contributed by atoms with E-state index in [9.17, 15) is 13.2 Å². The highest BCUT2D eigenvalue weighted by atomic mass is 32.2. The number of ether oxygens (including phenoxy) is 2. The molecule has 8 heteroatoms. The third-order valence-corrected chi connectivity index (χ3v) is 6.41. The molecule has 0 radical (unpaired) electrons. The Morgan fingerprint density at radius 2 is 1.67 bits per heavy atom. The van der Waals surface area contributed by atoms with E-state index in [4.69, 9.17) is 13.9 Å². The fraction of sp³-hybridized carbons (Fsp3) is 0.160. The van der Waals surface area contributed by atoms with Crippen LogP contribution in [-0.4, -0.2) is 34.9 Å². The molecule has 7 nitrogen and oxygen atoms in total. The highest BCUT2D eigenvalue weighted by Gasteiger charge is 2.25. The molecule has 33 heavy (non-hydrogen) atoms. The molecule has 1 heterocycles. The summed E-state index contributed by atoms with van der Waals surface area (Å²) in [6, 6.07) is 21.4. The van der Waals surface area contributed by atoms with Crippen molar-refractivity contribution in [3.05, 3.63) is 83.9 Å². The van der Waals surface area contributed by atoms with E-state index in [1.807, 2.05) is 42.5 Å². The Labute approximate surface area is 192 Å². The first kappa shape index (κ1) is 22.4. The van der Waals surface area contributed by atoms with Gasteiger partial charge < -0.3 is 13.9 Å². The SMILES string of the molecule is COC(=O)c1c(-c2ccccc2)oc2cc(N(Cc3ccc(OC)cc3)S(C)(=O)=O)ccc12. The second-order valence-electron chi connectivity index (χ2n) is 7.46. The van der Waals surface area contributed by atoms with Crippen LogP contribution in [0.4, 0.5) is 5.69 Å². The van der Waals surface area contributed by atoms with Gasteiger partial charge in [0.15, 0.2) is 0 Å². The monoisotopic (exact) mass is 465 g/mol. The van der Waals surface area contributed by atoms with E-state index in [-0.39, 0.29) is 6.54 Å². The van der Waals surface area contributed by atoms with Crippen molar-refractivity contribution < 1.29 is 27.1 Å². The number of carbonyl (C=O) groups excluding carboxylic acids is 1. The second-order valence-corrected chi connectivity index (χ2v) is 9.37. The molecule has 0 amide bonds. The van der Waals surface area contributed by atoms with Gasteiger partial charge in [0.1, 0.15) is 22.7 Å². The molecular formula is C25H23NO6S. The maximum Gasteiger partial charge on any atom is 0.342 e. The number of fused-ring (bicyclic) bond motifs is 1. The fourth-order valence-corrected chi connectivity index (χ4v) is 4.51. The normalized spacial score (nSPS) is 11.4.